The van der Waals surface area contributed by atoms with Crippen LogP contribution in [0.15, 0.2) is 42.5 Å². The van der Waals surface area contributed by atoms with Crippen LogP contribution in [-0.2, 0) is 30.5 Å². The molecule has 4 rings (SSSR count). The van der Waals surface area contributed by atoms with Crippen molar-refractivity contribution in [3.63, 3.8) is 0 Å². The van der Waals surface area contributed by atoms with Crippen LogP contribution in [0.25, 0.3) is 0 Å². The van der Waals surface area contributed by atoms with E-state index in [1.807, 2.05) is 13.8 Å². The average molecular weight is 496 g/mol. The standard InChI is InChI=1S/C24H22F5N3OS/c1-13(2)22-21-19(12-32(22)11-14-3-6-16(7-4-14)24(27,28)29)34-23(31-21)30-20(33)10-15-5-8-17(25)18(26)9-15/h3-9,13,22H,10-12H2,1-2H3,(H,30,31,33). The Hall–Kier alpha value is -2.85. The third-order valence-electron chi connectivity index (χ3n) is 5.64. The van der Waals surface area contributed by atoms with Gasteiger partial charge in [-0.3, -0.25) is 9.69 Å². The Morgan fingerprint density at radius 2 is 1.79 bits per heavy atom. The smallest absolute Gasteiger partial charge is 0.302 e. The van der Waals surface area contributed by atoms with E-state index >= 15 is 0 Å². The molecule has 34 heavy (non-hydrogen) atoms. The van der Waals surface area contributed by atoms with Gasteiger partial charge in [0, 0.05) is 18.0 Å². The van der Waals surface area contributed by atoms with Gasteiger partial charge in [-0.25, -0.2) is 13.8 Å². The van der Waals surface area contributed by atoms with Crippen LogP contribution in [0.5, 0.6) is 0 Å². The van der Waals surface area contributed by atoms with Gasteiger partial charge in [0.25, 0.3) is 0 Å². The van der Waals surface area contributed by atoms with E-state index in [0.717, 1.165) is 40.4 Å². The van der Waals surface area contributed by atoms with Crippen molar-refractivity contribution in [1.82, 2.24) is 9.88 Å². The van der Waals surface area contributed by atoms with Crippen molar-refractivity contribution in [2.24, 2.45) is 5.92 Å². The summed E-state index contributed by atoms with van der Waals surface area (Å²) in [5.41, 5.74) is 1.29. The largest absolute Gasteiger partial charge is 0.416 e. The van der Waals surface area contributed by atoms with Gasteiger partial charge >= 0.3 is 6.18 Å². The molecule has 1 aliphatic heterocycles. The van der Waals surface area contributed by atoms with Crippen LogP contribution in [-0.4, -0.2) is 15.8 Å². The van der Waals surface area contributed by atoms with Gasteiger partial charge in [-0.15, -0.1) is 11.3 Å². The van der Waals surface area contributed by atoms with Gasteiger partial charge in [-0.1, -0.05) is 32.0 Å². The van der Waals surface area contributed by atoms with Crippen LogP contribution in [0, 0.1) is 17.6 Å². The molecule has 0 radical (unpaired) electrons. The van der Waals surface area contributed by atoms with Gasteiger partial charge < -0.3 is 5.32 Å². The van der Waals surface area contributed by atoms with Crippen LogP contribution in [0.2, 0.25) is 0 Å². The predicted molar refractivity (Wildman–Crippen MR) is 119 cm³/mol. The zero-order valence-corrected chi connectivity index (χ0v) is 19.2. The summed E-state index contributed by atoms with van der Waals surface area (Å²) in [4.78, 5) is 20.1. The Labute approximate surface area is 197 Å². The van der Waals surface area contributed by atoms with Crippen LogP contribution >= 0.6 is 11.3 Å². The Kier molecular flexibility index (Phi) is 6.73. The van der Waals surface area contributed by atoms with Crippen LogP contribution in [0.3, 0.4) is 0 Å². The van der Waals surface area contributed by atoms with Crippen LogP contribution < -0.4 is 5.32 Å². The second-order valence-corrected chi connectivity index (χ2v) is 9.67. The van der Waals surface area contributed by atoms with E-state index in [0.29, 0.717) is 23.8 Å². The molecule has 1 aromatic heterocycles. The number of halogens is 5. The van der Waals surface area contributed by atoms with Gasteiger partial charge in [0.2, 0.25) is 5.91 Å². The molecule has 1 aliphatic rings. The summed E-state index contributed by atoms with van der Waals surface area (Å²) >= 11 is 1.34. The van der Waals surface area contributed by atoms with Crippen molar-refractivity contribution < 1.29 is 26.7 Å². The molecule has 1 atom stereocenters. The summed E-state index contributed by atoms with van der Waals surface area (Å²) in [7, 11) is 0. The summed E-state index contributed by atoms with van der Waals surface area (Å²) in [6, 6.07) is 8.43. The number of alkyl halides is 3. The molecular formula is C24H22F5N3OS. The van der Waals surface area contributed by atoms with Crippen LogP contribution in [0.4, 0.5) is 27.1 Å². The van der Waals surface area contributed by atoms with Gasteiger partial charge in [-0.2, -0.15) is 13.2 Å². The molecule has 3 aromatic rings. The van der Waals surface area contributed by atoms with Gasteiger partial charge in [-0.05, 0) is 41.3 Å². The van der Waals surface area contributed by atoms with E-state index in [4.69, 9.17) is 0 Å². The molecule has 180 valence electrons. The predicted octanol–water partition coefficient (Wildman–Crippen LogP) is 6.33. The fraction of sp³-hybridized carbons (Fsp3) is 0.333. The number of anilines is 1. The number of aromatic nitrogens is 1. The zero-order valence-electron chi connectivity index (χ0n) is 18.4. The number of hydrogen-bond donors (Lipinski definition) is 1. The minimum atomic E-state index is -4.37. The number of thiazole rings is 1. The lowest BCUT2D eigenvalue weighted by Gasteiger charge is -2.27. The van der Waals surface area contributed by atoms with Crippen molar-refractivity contribution in [1.29, 1.82) is 0 Å². The molecule has 0 aliphatic carbocycles. The fourth-order valence-corrected chi connectivity index (χ4v) is 5.18. The first kappa shape index (κ1) is 24.3. The van der Waals surface area contributed by atoms with E-state index < -0.39 is 23.4 Å². The van der Waals surface area contributed by atoms with Gasteiger partial charge in [0.05, 0.1) is 23.7 Å². The quantitative estimate of drug-likeness (QED) is 0.406. The molecule has 10 heteroatoms. The molecule has 4 nitrogen and oxygen atoms in total. The number of benzene rings is 2. The summed E-state index contributed by atoms with van der Waals surface area (Å²) in [6.45, 7) is 5.12. The summed E-state index contributed by atoms with van der Waals surface area (Å²) in [5.74, 6) is -2.18. The SMILES string of the molecule is CC(C)C1c2nc(NC(=O)Cc3ccc(F)c(F)c3)sc2CN1Cc1ccc(C(F)(F)F)cc1. The van der Waals surface area contributed by atoms with E-state index in [1.165, 1.54) is 29.5 Å². The van der Waals surface area contributed by atoms with Gasteiger partial charge in [0.15, 0.2) is 16.8 Å². The van der Waals surface area contributed by atoms with Crippen molar-refractivity contribution in [3.05, 3.63) is 81.4 Å². The number of carbonyl (C=O) groups excluding carboxylic acids is 1. The highest BCUT2D eigenvalue weighted by atomic mass is 32.1. The molecule has 0 fully saturated rings. The van der Waals surface area contributed by atoms with E-state index in [9.17, 15) is 26.7 Å². The first-order chi connectivity index (χ1) is 16.0. The minimum Gasteiger partial charge on any atom is -0.302 e. The first-order valence-electron chi connectivity index (χ1n) is 10.6. The number of rotatable bonds is 6. The molecule has 0 spiro atoms. The molecular weight excluding hydrogens is 473 g/mol. The van der Waals surface area contributed by atoms with Crippen LogP contribution in [0.1, 0.15) is 47.2 Å². The Bertz CT molecular complexity index is 1190. The highest BCUT2D eigenvalue weighted by molar-refractivity contribution is 7.15. The second kappa shape index (κ2) is 9.42. The zero-order chi connectivity index (χ0) is 24.6. The maximum Gasteiger partial charge on any atom is 0.416 e. The minimum absolute atomic E-state index is 0.0506. The summed E-state index contributed by atoms with van der Waals surface area (Å²) in [5, 5.41) is 3.15. The fourth-order valence-electron chi connectivity index (χ4n) is 4.14. The molecule has 1 amide bonds. The molecule has 0 saturated carbocycles. The molecule has 1 unspecified atom stereocenters. The molecule has 0 saturated heterocycles. The van der Waals surface area contributed by atoms with Crippen molar-refractivity contribution in [2.75, 3.05) is 5.32 Å². The molecule has 2 aromatic carbocycles. The van der Waals surface area contributed by atoms with Crippen molar-refractivity contribution >= 4 is 22.4 Å². The Balaban J connectivity index is 1.43. The number of nitrogens with one attached hydrogen (secondary N) is 1. The number of carbonyl (C=O) groups is 1. The normalized spacial score (nSPS) is 16.2. The van der Waals surface area contributed by atoms with Gasteiger partial charge in [0.1, 0.15) is 0 Å². The third kappa shape index (κ3) is 5.28. The molecule has 0 bridgehead atoms. The Morgan fingerprint density at radius 3 is 2.41 bits per heavy atom. The highest BCUT2D eigenvalue weighted by Crippen LogP contribution is 2.43. The summed E-state index contributed by atoms with van der Waals surface area (Å²) < 4.78 is 65.0. The monoisotopic (exact) mass is 495 g/mol. The lowest BCUT2D eigenvalue weighted by atomic mass is 10.0. The second-order valence-electron chi connectivity index (χ2n) is 8.59. The maximum atomic E-state index is 13.4. The lowest BCUT2D eigenvalue weighted by Crippen LogP contribution is -2.26. The number of nitrogens with zero attached hydrogens (tertiary/aromatic N) is 2. The molecule has 1 N–H and O–H groups in total. The highest BCUT2D eigenvalue weighted by Gasteiger charge is 2.36. The first-order valence-corrected chi connectivity index (χ1v) is 11.5. The van der Waals surface area contributed by atoms with E-state index in [2.05, 4.69) is 15.2 Å². The number of hydrogen-bond acceptors (Lipinski definition) is 4. The topological polar surface area (TPSA) is 45.2 Å². The molecule has 2 heterocycles. The lowest BCUT2D eigenvalue weighted by molar-refractivity contribution is -0.137. The number of fused-ring (bicyclic) bond motifs is 1. The van der Waals surface area contributed by atoms with Crippen molar-refractivity contribution in [2.45, 2.75) is 45.6 Å². The van der Waals surface area contributed by atoms with E-state index in [1.54, 1.807) is 0 Å². The number of amides is 1. The Morgan fingerprint density at radius 1 is 1.12 bits per heavy atom. The van der Waals surface area contributed by atoms with E-state index in [-0.39, 0.29) is 24.3 Å². The maximum absolute atomic E-state index is 13.4. The summed E-state index contributed by atoms with van der Waals surface area (Å²) in [6.07, 6.45) is -4.48. The third-order valence-corrected chi connectivity index (χ3v) is 6.61. The van der Waals surface area contributed by atoms with Crippen molar-refractivity contribution in [3.8, 4) is 0 Å². The average Bonchev–Trinajstić information content (AvgIpc) is 3.26.